The van der Waals surface area contributed by atoms with Crippen LogP contribution >= 0.6 is 0 Å². The summed E-state index contributed by atoms with van der Waals surface area (Å²) >= 11 is 0. The van der Waals surface area contributed by atoms with E-state index in [9.17, 15) is 17.6 Å². The summed E-state index contributed by atoms with van der Waals surface area (Å²) in [6, 6.07) is 3.72. The molecule has 0 aliphatic carbocycles. The molecule has 1 amide bonds. The fraction of sp³-hybridized carbons (Fsp3) is 0.417. The van der Waals surface area contributed by atoms with Crippen molar-refractivity contribution < 1.29 is 21.8 Å². The monoisotopic (exact) mass is 287 g/mol. The standard InChI is InChI=1S/C12H14FNO4S/c1-8(15)14-11(7-18-19(2,16)17)6-9-5-10(13)3-4-12(9)14/h3-5,11H,6-7H2,1-2H3. The number of nitrogens with zero attached hydrogens (tertiary/aromatic N) is 1. The van der Waals surface area contributed by atoms with Crippen LogP contribution in [0.5, 0.6) is 0 Å². The number of halogens is 1. The van der Waals surface area contributed by atoms with Gasteiger partial charge < -0.3 is 4.90 Å². The zero-order valence-corrected chi connectivity index (χ0v) is 11.4. The van der Waals surface area contributed by atoms with Crippen LogP contribution in [0.25, 0.3) is 0 Å². The molecule has 1 aliphatic rings. The molecule has 1 aliphatic heterocycles. The van der Waals surface area contributed by atoms with Gasteiger partial charge in [-0.25, -0.2) is 4.39 Å². The number of fused-ring (bicyclic) bond motifs is 1. The van der Waals surface area contributed by atoms with Crippen LogP contribution in [-0.4, -0.2) is 33.2 Å². The van der Waals surface area contributed by atoms with E-state index in [0.717, 1.165) is 6.26 Å². The van der Waals surface area contributed by atoms with E-state index in [1.807, 2.05) is 0 Å². The van der Waals surface area contributed by atoms with Gasteiger partial charge in [-0.3, -0.25) is 8.98 Å². The van der Waals surface area contributed by atoms with E-state index < -0.39 is 16.2 Å². The molecule has 0 saturated heterocycles. The van der Waals surface area contributed by atoms with Crippen molar-refractivity contribution in [1.29, 1.82) is 0 Å². The third-order valence-corrected chi connectivity index (χ3v) is 3.50. The lowest BCUT2D eigenvalue weighted by Gasteiger charge is -2.23. The molecule has 104 valence electrons. The van der Waals surface area contributed by atoms with Crippen LogP contribution in [0.2, 0.25) is 0 Å². The Labute approximate surface area is 111 Å². The molecule has 0 spiro atoms. The predicted molar refractivity (Wildman–Crippen MR) is 67.8 cm³/mol. The van der Waals surface area contributed by atoms with Crippen LogP contribution in [0, 0.1) is 5.82 Å². The second-order valence-corrected chi connectivity index (χ2v) is 6.15. The van der Waals surface area contributed by atoms with Gasteiger partial charge in [0.25, 0.3) is 10.1 Å². The van der Waals surface area contributed by atoms with E-state index in [1.54, 1.807) is 0 Å². The minimum absolute atomic E-state index is 0.130. The van der Waals surface area contributed by atoms with E-state index in [0.29, 0.717) is 17.7 Å². The second kappa shape index (κ2) is 4.90. The van der Waals surface area contributed by atoms with Crippen LogP contribution < -0.4 is 4.90 Å². The van der Waals surface area contributed by atoms with Crippen molar-refractivity contribution in [2.75, 3.05) is 17.8 Å². The smallest absolute Gasteiger partial charge is 0.264 e. The Balaban J connectivity index is 2.26. The first-order valence-corrected chi connectivity index (χ1v) is 7.52. The number of amides is 1. The third-order valence-electron chi connectivity index (χ3n) is 2.94. The molecule has 5 nitrogen and oxygen atoms in total. The van der Waals surface area contributed by atoms with Crippen molar-refractivity contribution in [2.24, 2.45) is 0 Å². The first-order chi connectivity index (χ1) is 8.78. The zero-order valence-electron chi connectivity index (χ0n) is 10.6. The fourth-order valence-electron chi connectivity index (χ4n) is 2.26. The maximum atomic E-state index is 13.2. The van der Waals surface area contributed by atoms with Gasteiger partial charge in [0.05, 0.1) is 18.9 Å². The first-order valence-electron chi connectivity index (χ1n) is 5.70. The molecule has 0 radical (unpaired) electrons. The van der Waals surface area contributed by atoms with Gasteiger partial charge in [0.2, 0.25) is 5.91 Å². The molecular weight excluding hydrogens is 273 g/mol. The van der Waals surface area contributed by atoms with Gasteiger partial charge in [0, 0.05) is 12.6 Å². The second-order valence-electron chi connectivity index (χ2n) is 4.51. The van der Waals surface area contributed by atoms with Gasteiger partial charge in [0.1, 0.15) is 5.82 Å². The van der Waals surface area contributed by atoms with Crippen LogP contribution in [0.1, 0.15) is 12.5 Å². The normalized spacial score (nSPS) is 18.5. The lowest BCUT2D eigenvalue weighted by Crippen LogP contribution is -2.39. The maximum absolute atomic E-state index is 13.2. The molecule has 1 aromatic rings. The zero-order chi connectivity index (χ0) is 14.2. The fourth-order valence-corrected chi connectivity index (χ4v) is 2.66. The molecule has 0 bridgehead atoms. The molecule has 1 heterocycles. The number of hydrogen-bond donors (Lipinski definition) is 0. The van der Waals surface area contributed by atoms with Gasteiger partial charge in [0.15, 0.2) is 0 Å². The van der Waals surface area contributed by atoms with Crippen molar-refractivity contribution in [3.05, 3.63) is 29.6 Å². The molecule has 0 saturated carbocycles. The highest BCUT2D eigenvalue weighted by atomic mass is 32.2. The van der Waals surface area contributed by atoms with E-state index in [4.69, 9.17) is 4.18 Å². The summed E-state index contributed by atoms with van der Waals surface area (Å²) < 4.78 is 39.9. The molecule has 0 N–H and O–H groups in total. The molecule has 7 heteroatoms. The van der Waals surface area contributed by atoms with E-state index in [2.05, 4.69) is 0 Å². The summed E-state index contributed by atoms with van der Waals surface area (Å²) in [6.45, 7) is 1.25. The highest BCUT2D eigenvalue weighted by Crippen LogP contribution is 2.33. The van der Waals surface area contributed by atoms with Crippen molar-refractivity contribution in [2.45, 2.75) is 19.4 Å². The van der Waals surface area contributed by atoms with E-state index >= 15 is 0 Å². The highest BCUT2D eigenvalue weighted by Gasteiger charge is 2.33. The first kappa shape index (κ1) is 14.0. The minimum atomic E-state index is -3.57. The summed E-state index contributed by atoms with van der Waals surface area (Å²) in [5.74, 6) is -0.612. The van der Waals surface area contributed by atoms with Crippen LogP contribution in [-0.2, 0) is 25.5 Å². The Bertz CT molecular complexity index is 614. The summed E-state index contributed by atoms with van der Waals surface area (Å²) in [6.07, 6.45) is 1.33. The van der Waals surface area contributed by atoms with Crippen molar-refractivity contribution in [1.82, 2.24) is 0 Å². The minimum Gasteiger partial charge on any atom is -0.307 e. The average molecular weight is 287 g/mol. The van der Waals surface area contributed by atoms with Crippen LogP contribution in [0.3, 0.4) is 0 Å². The lowest BCUT2D eigenvalue weighted by molar-refractivity contribution is -0.117. The highest BCUT2D eigenvalue weighted by molar-refractivity contribution is 7.85. The van der Waals surface area contributed by atoms with Crippen LogP contribution in [0.4, 0.5) is 10.1 Å². The van der Waals surface area contributed by atoms with Gasteiger partial charge in [-0.2, -0.15) is 8.42 Å². The van der Waals surface area contributed by atoms with Gasteiger partial charge in [-0.1, -0.05) is 0 Å². The van der Waals surface area contributed by atoms with Crippen molar-refractivity contribution in [3.63, 3.8) is 0 Å². The topological polar surface area (TPSA) is 63.7 Å². The molecule has 1 atom stereocenters. The van der Waals surface area contributed by atoms with Crippen LogP contribution in [0.15, 0.2) is 18.2 Å². The van der Waals surface area contributed by atoms with Gasteiger partial charge >= 0.3 is 0 Å². The molecule has 1 unspecified atom stereocenters. The number of anilines is 1. The summed E-state index contributed by atoms with van der Waals surface area (Å²) in [7, 11) is -3.57. The lowest BCUT2D eigenvalue weighted by atomic mass is 10.1. The Morgan fingerprint density at radius 3 is 2.79 bits per heavy atom. The number of benzene rings is 1. The Morgan fingerprint density at radius 2 is 2.21 bits per heavy atom. The number of carbonyl (C=O) groups is 1. The number of carbonyl (C=O) groups excluding carboxylic acids is 1. The number of rotatable bonds is 3. The maximum Gasteiger partial charge on any atom is 0.264 e. The van der Waals surface area contributed by atoms with E-state index in [-0.39, 0.29) is 18.3 Å². The van der Waals surface area contributed by atoms with Gasteiger partial charge in [-0.05, 0) is 30.2 Å². The summed E-state index contributed by atoms with van der Waals surface area (Å²) in [5, 5.41) is 0. The SMILES string of the molecule is CC(=O)N1c2ccc(F)cc2CC1COS(C)(=O)=O. The summed E-state index contributed by atoms with van der Waals surface area (Å²) in [5.41, 5.74) is 1.29. The predicted octanol–water partition coefficient (Wildman–Crippen LogP) is 1.08. The molecule has 2 rings (SSSR count). The molecule has 1 aromatic carbocycles. The largest absolute Gasteiger partial charge is 0.307 e. The van der Waals surface area contributed by atoms with Gasteiger partial charge in [-0.15, -0.1) is 0 Å². The van der Waals surface area contributed by atoms with E-state index in [1.165, 1.54) is 30.0 Å². The quantitative estimate of drug-likeness (QED) is 0.780. The third kappa shape index (κ3) is 3.10. The molecule has 0 aromatic heterocycles. The van der Waals surface area contributed by atoms with Crippen molar-refractivity contribution in [3.8, 4) is 0 Å². The molecule has 0 fully saturated rings. The Kier molecular flexibility index (Phi) is 3.60. The Hall–Kier alpha value is -1.47. The molecular formula is C12H14FNO4S. The summed E-state index contributed by atoms with van der Waals surface area (Å²) in [4.78, 5) is 13.1. The number of hydrogen-bond acceptors (Lipinski definition) is 4. The van der Waals surface area contributed by atoms with Crippen molar-refractivity contribution >= 4 is 21.7 Å². The Morgan fingerprint density at radius 1 is 1.53 bits per heavy atom. The molecule has 19 heavy (non-hydrogen) atoms. The average Bonchev–Trinajstić information content (AvgIpc) is 2.62.